The van der Waals surface area contributed by atoms with E-state index in [1.54, 1.807) is 12.1 Å². The lowest BCUT2D eigenvalue weighted by molar-refractivity contribution is 0.0696. The van der Waals surface area contributed by atoms with Crippen LogP contribution >= 0.6 is 0 Å². The highest BCUT2D eigenvalue weighted by molar-refractivity contribution is 5.95. The van der Waals surface area contributed by atoms with Crippen LogP contribution in [0.1, 0.15) is 20.7 Å². The molecule has 3 N–H and O–H groups in total. The van der Waals surface area contributed by atoms with E-state index < -0.39 is 22.8 Å². The molecule has 124 valence electrons. The average molecular weight is 338 g/mol. The van der Waals surface area contributed by atoms with Gasteiger partial charge in [0.1, 0.15) is 0 Å². The maximum Gasteiger partial charge on any atom is 0.335 e. The highest BCUT2D eigenvalue weighted by Crippen LogP contribution is 2.15. The minimum Gasteiger partial charge on any atom is -0.478 e. The van der Waals surface area contributed by atoms with E-state index in [4.69, 9.17) is 10.2 Å². The highest BCUT2D eigenvalue weighted by Gasteiger charge is 2.12. The first-order valence-corrected chi connectivity index (χ1v) is 7.02. The number of rotatable bonds is 4. The van der Waals surface area contributed by atoms with Crippen molar-refractivity contribution < 1.29 is 19.8 Å². The number of nitrogens with zero attached hydrogens (tertiary/aromatic N) is 1. The van der Waals surface area contributed by atoms with Gasteiger partial charge in [-0.2, -0.15) is 5.10 Å². The second kappa shape index (κ2) is 6.00. The highest BCUT2D eigenvalue weighted by atomic mass is 16.4. The molecule has 0 unspecified atom stereocenters. The molecule has 0 amide bonds. The summed E-state index contributed by atoms with van der Waals surface area (Å²) in [7, 11) is 0. The van der Waals surface area contributed by atoms with Crippen molar-refractivity contribution in [2.45, 2.75) is 0 Å². The molecule has 25 heavy (non-hydrogen) atoms. The summed E-state index contributed by atoms with van der Waals surface area (Å²) >= 11 is 0. The molecular weight excluding hydrogens is 328 g/mol. The Morgan fingerprint density at radius 3 is 1.76 bits per heavy atom. The topological polar surface area (TPSA) is 133 Å². The van der Waals surface area contributed by atoms with E-state index in [1.165, 1.54) is 12.1 Å². The number of aromatic carboxylic acids is 2. The van der Waals surface area contributed by atoms with E-state index >= 15 is 0 Å². The van der Waals surface area contributed by atoms with Gasteiger partial charge in [-0.05, 0) is 18.2 Å². The first-order valence-electron chi connectivity index (χ1n) is 7.02. The molecule has 0 heterocycles. The molecule has 0 fully saturated rings. The number of carbonyl (C=O) groups is 2. The normalized spacial score (nSPS) is 10.6. The standard InChI is InChI=1S/C17H10N2O6/c20-14-11-3-1-2-4-12(11)15(21)13(14)19-18-10-6-8(16(22)23)5-9(7-10)17(24)25/h1-7,18H,(H,22,23)(H,24,25). The molecule has 3 aromatic carbocycles. The molecular formula is C17H10N2O6. The third kappa shape index (κ3) is 2.88. The lowest BCUT2D eigenvalue weighted by Gasteiger charge is -2.04. The van der Waals surface area contributed by atoms with E-state index in [9.17, 15) is 19.2 Å². The van der Waals surface area contributed by atoms with Crippen LogP contribution in [-0.2, 0) is 0 Å². The summed E-state index contributed by atoms with van der Waals surface area (Å²) in [6.45, 7) is 0. The van der Waals surface area contributed by atoms with Gasteiger partial charge in [0.05, 0.1) is 16.8 Å². The molecule has 0 bridgehead atoms. The van der Waals surface area contributed by atoms with Crippen molar-refractivity contribution in [2.24, 2.45) is 5.10 Å². The van der Waals surface area contributed by atoms with E-state index in [0.29, 0.717) is 0 Å². The Hall–Kier alpha value is -3.81. The largest absolute Gasteiger partial charge is 0.478 e. The van der Waals surface area contributed by atoms with Gasteiger partial charge in [-0.25, -0.2) is 9.59 Å². The van der Waals surface area contributed by atoms with Crippen LogP contribution in [-0.4, -0.2) is 22.2 Å². The van der Waals surface area contributed by atoms with Crippen LogP contribution in [0.15, 0.2) is 57.2 Å². The lowest BCUT2D eigenvalue weighted by atomic mass is 10.1. The van der Waals surface area contributed by atoms with Crippen molar-refractivity contribution in [3.63, 3.8) is 0 Å². The second-order valence-electron chi connectivity index (χ2n) is 5.19. The van der Waals surface area contributed by atoms with Crippen LogP contribution in [0.2, 0.25) is 0 Å². The fourth-order valence-electron chi connectivity index (χ4n) is 2.40. The van der Waals surface area contributed by atoms with Crippen LogP contribution < -0.4 is 21.6 Å². The minimum absolute atomic E-state index is 0.0290. The van der Waals surface area contributed by atoms with Gasteiger partial charge in [0.25, 0.3) is 0 Å². The first-order chi connectivity index (χ1) is 11.9. The predicted octanol–water partition coefficient (Wildman–Crippen LogP) is 0.760. The van der Waals surface area contributed by atoms with Gasteiger partial charge in [0.15, 0.2) is 5.36 Å². The van der Waals surface area contributed by atoms with Gasteiger partial charge in [-0.1, -0.05) is 24.3 Å². The number of anilines is 1. The molecule has 0 aromatic heterocycles. The molecule has 0 saturated heterocycles. The van der Waals surface area contributed by atoms with E-state index in [0.717, 1.165) is 18.2 Å². The zero-order chi connectivity index (χ0) is 18.1. The summed E-state index contributed by atoms with van der Waals surface area (Å²) in [6, 6.07) is 9.54. The molecule has 3 aromatic rings. The lowest BCUT2D eigenvalue weighted by Crippen LogP contribution is -2.32. The summed E-state index contributed by atoms with van der Waals surface area (Å²) in [5.74, 6) is -2.64. The van der Waals surface area contributed by atoms with Gasteiger partial charge in [0.2, 0.25) is 10.9 Å². The molecule has 0 atom stereocenters. The predicted molar refractivity (Wildman–Crippen MR) is 88.4 cm³/mol. The Morgan fingerprint density at radius 2 is 1.32 bits per heavy atom. The van der Waals surface area contributed by atoms with Crippen molar-refractivity contribution in [2.75, 3.05) is 5.43 Å². The number of carboxylic acids is 2. The molecule has 0 aliphatic carbocycles. The summed E-state index contributed by atoms with van der Waals surface area (Å²) < 4.78 is 0. The van der Waals surface area contributed by atoms with Crippen LogP contribution in [0, 0.1) is 0 Å². The van der Waals surface area contributed by atoms with E-state index in [1.807, 2.05) is 0 Å². The van der Waals surface area contributed by atoms with Gasteiger partial charge >= 0.3 is 11.9 Å². The number of benzene rings is 2. The van der Waals surface area contributed by atoms with Gasteiger partial charge in [0, 0.05) is 10.8 Å². The van der Waals surface area contributed by atoms with E-state index in [2.05, 4.69) is 10.5 Å². The smallest absolute Gasteiger partial charge is 0.335 e. The molecule has 8 heteroatoms. The Labute approximate surface area is 139 Å². The SMILES string of the molecule is O=C(O)c1cc(NN=c2c(=O)c3ccccc3c2=O)cc(C(=O)O)c1. The Morgan fingerprint density at radius 1 is 0.840 bits per heavy atom. The number of fused-ring (bicyclic) bond motifs is 1. The van der Waals surface area contributed by atoms with Crippen molar-refractivity contribution in [3.8, 4) is 0 Å². The quantitative estimate of drug-likeness (QED) is 0.598. The van der Waals surface area contributed by atoms with Crippen LogP contribution in [0.3, 0.4) is 0 Å². The Balaban J connectivity index is 2.11. The fourth-order valence-corrected chi connectivity index (χ4v) is 2.40. The number of hydrogen-bond donors (Lipinski definition) is 3. The zero-order valence-electron chi connectivity index (χ0n) is 12.5. The zero-order valence-corrected chi connectivity index (χ0v) is 12.5. The van der Waals surface area contributed by atoms with Gasteiger partial charge in [-0.3, -0.25) is 15.0 Å². The molecule has 0 radical (unpaired) electrons. The molecule has 0 spiro atoms. The van der Waals surface area contributed by atoms with Gasteiger partial charge < -0.3 is 10.2 Å². The minimum atomic E-state index is -1.32. The molecule has 3 rings (SSSR count). The maximum atomic E-state index is 12.2. The van der Waals surface area contributed by atoms with Crippen molar-refractivity contribution in [1.29, 1.82) is 0 Å². The van der Waals surface area contributed by atoms with Crippen molar-refractivity contribution >= 4 is 28.4 Å². The molecule has 0 aliphatic rings. The van der Waals surface area contributed by atoms with Gasteiger partial charge in [-0.15, -0.1) is 0 Å². The first kappa shape index (κ1) is 16.1. The Bertz CT molecular complexity index is 1090. The second-order valence-corrected chi connectivity index (χ2v) is 5.19. The molecule has 8 nitrogen and oxygen atoms in total. The monoisotopic (exact) mass is 338 g/mol. The summed E-state index contributed by atoms with van der Waals surface area (Å²) in [4.78, 5) is 46.6. The number of carboxylic acid groups (broad SMARTS) is 2. The van der Waals surface area contributed by atoms with Crippen molar-refractivity contribution in [1.82, 2.24) is 0 Å². The van der Waals surface area contributed by atoms with E-state index in [-0.39, 0.29) is 32.9 Å². The van der Waals surface area contributed by atoms with Crippen molar-refractivity contribution in [3.05, 3.63) is 79.4 Å². The summed E-state index contributed by atoms with van der Waals surface area (Å²) in [6.07, 6.45) is 0. The maximum absolute atomic E-state index is 12.2. The molecule has 0 saturated carbocycles. The summed E-state index contributed by atoms with van der Waals surface area (Å²) in [5.41, 5.74) is 0.775. The van der Waals surface area contributed by atoms with Crippen LogP contribution in [0.25, 0.3) is 10.8 Å². The third-order valence-corrected chi connectivity index (χ3v) is 3.57. The number of nitrogens with one attached hydrogen (secondary N) is 1. The van der Waals surface area contributed by atoms with Crippen LogP contribution in [0.5, 0.6) is 0 Å². The number of hydrogen-bond acceptors (Lipinski definition) is 6. The fraction of sp³-hybridized carbons (Fsp3) is 0. The summed E-state index contributed by atoms with van der Waals surface area (Å²) in [5, 5.41) is 21.9. The average Bonchev–Trinajstić information content (AvgIpc) is 2.84. The third-order valence-electron chi connectivity index (χ3n) is 3.57. The van der Waals surface area contributed by atoms with Crippen LogP contribution in [0.4, 0.5) is 5.69 Å². The molecule has 0 aliphatic heterocycles. The Kier molecular flexibility index (Phi) is 3.86.